The minimum absolute atomic E-state index is 0.0997. The van der Waals surface area contributed by atoms with Crippen molar-refractivity contribution in [3.63, 3.8) is 0 Å². The minimum Gasteiger partial charge on any atom is -0.352 e. The van der Waals surface area contributed by atoms with Crippen molar-refractivity contribution in [2.45, 2.75) is 17.7 Å². The molecule has 3 nitrogen and oxygen atoms in total. The normalized spacial score (nSPS) is 11.0. The van der Waals surface area contributed by atoms with E-state index in [0.29, 0.717) is 24.9 Å². The lowest BCUT2D eigenvalue weighted by Crippen LogP contribution is -2.25. The number of carbonyl (C=O) groups is 2. The van der Waals surface area contributed by atoms with Gasteiger partial charge in [-0.05, 0) is 62.7 Å². The fourth-order valence-corrected chi connectivity index (χ4v) is 4.51. The van der Waals surface area contributed by atoms with Crippen LogP contribution in [0, 0.1) is 0 Å². The van der Waals surface area contributed by atoms with Crippen LogP contribution in [0.4, 0.5) is 0 Å². The molecule has 4 aromatic carbocycles. The van der Waals surface area contributed by atoms with Crippen LogP contribution in [-0.2, 0) is 4.79 Å². The second kappa shape index (κ2) is 9.19. The molecule has 0 fully saturated rings. The van der Waals surface area contributed by atoms with E-state index in [1.807, 2.05) is 72.8 Å². The van der Waals surface area contributed by atoms with Crippen LogP contribution in [0.15, 0.2) is 77.7 Å². The highest BCUT2D eigenvalue weighted by atomic mass is 32.2. The number of nitrogens with one attached hydrogen (secondary N) is 1. The lowest BCUT2D eigenvalue weighted by molar-refractivity contribution is -0.111. The second-order valence-corrected chi connectivity index (χ2v) is 8.54. The van der Waals surface area contributed by atoms with Crippen molar-refractivity contribution in [1.29, 1.82) is 0 Å². The third-order valence-electron chi connectivity index (χ3n) is 5.33. The van der Waals surface area contributed by atoms with Gasteiger partial charge in [0.05, 0.1) is 0 Å². The van der Waals surface area contributed by atoms with E-state index in [4.69, 9.17) is 0 Å². The molecule has 0 aromatic heterocycles. The minimum atomic E-state index is -0.150. The second-order valence-electron chi connectivity index (χ2n) is 7.41. The molecule has 0 saturated heterocycles. The summed E-state index contributed by atoms with van der Waals surface area (Å²) in [6.07, 6.45) is 1.02. The zero-order chi connectivity index (χ0) is 21.8. The Hall–Kier alpha value is -3.37. The number of benzene rings is 4. The summed E-state index contributed by atoms with van der Waals surface area (Å²) in [5, 5.41) is 8.93. The molecular weight excluding hydrogens is 402 g/mol. The standard InChI is InChI=1S/C27H23NO2S/c1-18-22-11-6-7-12-23(22)19(2)25-17-20(14-15-24(18)25)27(30)28-16-8-13-26(29)31-21-9-4-3-5-10-21/h3-7,9-12,14-15,17H,1-2,8,13,16H2,(H,28,30). The molecule has 0 radical (unpaired) electrons. The van der Waals surface area contributed by atoms with Crippen molar-refractivity contribution in [3.8, 4) is 0 Å². The molecule has 0 spiro atoms. The van der Waals surface area contributed by atoms with Crippen LogP contribution in [-0.4, -0.2) is 17.6 Å². The summed E-state index contributed by atoms with van der Waals surface area (Å²) in [7, 11) is 0. The molecule has 0 unspecified atom stereocenters. The van der Waals surface area contributed by atoms with Crippen LogP contribution in [0.25, 0.3) is 34.7 Å². The van der Waals surface area contributed by atoms with E-state index >= 15 is 0 Å². The van der Waals surface area contributed by atoms with Crippen LogP contribution >= 0.6 is 11.8 Å². The number of carbonyl (C=O) groups excluding carboxylic acids is 2. The van der Waals surface area contributed by atoms with Gasteiger partial charge >= 0.3 is 0 Å². The largest absolute Gasteiger partial charge is 0.352 e. The molecule has 1 amide bonds. The van der Waals surface area contributed by atoms with Crippen LogP contribution in [0.3, 0.4) is 0 Å². The monoisotopic (exact) mass is 425 g/mol. The van der Waals surface area contributed by atoms with Gasteiger partial charge in [0.2, 0.25) is 0 Å². The van der Waals surface area contributed by atoms with Crippen molar-refractivity contribution < 1.29 is 9.59 Å². The maximum Gasteiger partial charge on any atom is 0.251 e. The van der Waals surface area contributed by atoms with Gasteiger partial charge in [-0.1, -0.05) is 73.5 Å². The Morgan fingerprint density at radius 2 is 1.39 bits per heavy atom. The van der Waals surface area contributed by atoms with E-state index in [0.717, 1.165) is 36.9 Å². The van der Waals surface area contributed by atoms with E-state index in [2.05, 4.69) is 18.5 Å². The summed E-state index contributed by atoms with van der Waals surface area (Å²) in [5.41, 5.74) is 0.581. The Kier molecular flexibility index (Phi) is 6.19. The Morgan fingerprint density at radius 3 is 2.10 bits per heavy atom. The zero-order valence-corrected chi connectivity index (χ0v) is 18.0. The molecule has 31 heavy (non-hydrogen) atoms. The molecule has 0 atom stereocenters. The maximum atomic E-state index is 12.6. The first-order valence-electron chi connectivity index (χ1n) is 10.2. The Labute approximate surface area is 185 Å². The van der Waals surface area contributed by atoms with Gasteiger partial charge in [0.1, 0.15) is 0 Å². The summed E-state index contributed by atoms with van der Waals surface area (Å²) >= 11 is 1.24. The van der Waals surface area contributed by atoms with Gasteiger partial charge in [-0.2, -0.15) is 0 Å². The number of amides is 1. The smallest absolute Gasteiger partial charge is 0.251 e. The van der Waals surface area contributed by atoms with Gasteiger partial charge in [0.25, 0.3) is 5.91 Å². The van der Waals surface area contributed by atoms with E-state index in [1.54, 1.807) is 0 Å². The van der Waals surface area contributed by atoms with E-state index in [9.17, 15) is 9.59 Å². The van der Waals surface area contributed by atoms with Crippen molar-refractivity contribution in [3.05, 3.63) is 88.8 Å². The highest BCUT2D eigenvalue weighted by Gasteiger charge is 2.10. The summed E-state index contributed by atoms with van der Waals surface area (Å²) in [6, 6.07) is 23.3. The molecule has 0 bridgehead atoms. The highest BCUT2D eigenvalue weighted by Crippen LogP contribution is 2.20. The first kappa shape index (κ1) is 20.9. The predicted octanol–water partition coefficient (Wildman–Crippen LogP) is 4.64. The van der Waals surface area contributed by atoms with Crippen molar-refractivity contribution in [2.75, 3.05) is 6.54 Å². The number of hydrogen-bond donors (Lipinski definition) is 1. The molecule has 4 aromatic rings. The van der Waals surface area contributed by atoms with Crippen LogP contribution < -0.4 is 15.8 Å². The quantitative estimate of drug-likeness (QED) is 0.278. The molecule has 154 valence electrons. The van der Waals surface area contributed by atoms with Crippen molar-refractivity contribution in [2.24, 2.45) is 0 Å². The summed E-state index contributed by atoms with van der Waals surface area (Å²) in [5.74, 6) is -0.150. The summed E-state index contributed by atoms with van der Waals surface area (Å²) in [6.45, 7) is 8.94. The molecule has 0 saturated carbocycles. The molecule has 4 rings (SSSR count). The van der Waals surface area contributed by atoms with Crippen LogP contribution in [0.2, 0.25) is 0 Å². The molecule has 0 aliphatic rings. The van der Waals surface area contributed by atoms with Gasteiger partial charge in [-0.3, -0.25) is 9.59 Å². The SMILES string of the molecule is C=c1c2ccccc2c(=C)c2cc(C(=O)NCCCC(=O)Sc3ccccc3)ccc12. The Bertz CT molecular complexity index is 1380. The predicted molar refractivity (Wildman–Crippen MR) is 131 cm³/mol. The topological polar surface area (TPSA) is 46.2 Å². The van der Waals surface area contributed by atoms with E-state index in [1.165, 1.54) is 11.8 Å². The number of hydrogen-bond acceptors (Lipinski definition) is 3. The zero-order valence-electron chi connectivity index (χ0n) is 17.2. The van der Waals surface area contributed by atoms with Gasteiger partial charge in [0.15, 0.2) is 5.12 Å². The average Bonchev–Trinajstić information content (AvgIpc) is 2.80. The van der Waals surface area contributed by atoms with Gasteiger partial charge in [0, 0.05) is 23.4 Å². The Morgan fingerprint density at radius 1 is 0.774 bits per heavy atom. The maximum absolute atomic E-state index is 12.6. The van der Waals surface area contributed by atoms with E-state index in [-0.39, 0.29) is 11.0 Å². The van der Waals surface area contributed by atoms with Crippen molar-refractivity contribution >= 4 is 57.5 Å². The first-order valence-corrected chi connectivity index (χ1v) is 11.0. The first-order chi connectivity index (χ1) is 15.0. The van der Waals surface area contributed by atoms with Crippen LogP contribution in [0.1, 0.15) is 23.2 Å². The van der Waals surface area contributed by atoms with E-state index < -0.39 is 0 Å². The third kappa shape index (κ3) is 4.54. The summed E-state index contributed by atoms with van der Waals surface area (Å²) in [4.78, 5) is 25.7. The van der Waals surface area contributed by atoms with Gasteiger partial charge in [-0.15, -0.1) is 0 Å². The molecule has 0 aliphatic carbocycles. The molecule has 0 aliphatic heterocycles. The molecule has 1 N–H and O–H groups in total. The van der Waals surface area contributed by atoms with Gasteiger partial charge in [-0.25, -0.2) is 0 Å². The Balaban J connectivity index is 1.42. The molecular formula is C27H23NO2S. The van der Waals surface area contributed by atoms with Crippen molar-refractivity contribution in [1.82, 2.24) is 5.32 Å². The lowest BCUT2D eigenvalue weighted by atomic mass is 9.97. The average molecular weight is 426 g/mol. The fourth-order valence-electron chi connectivity index (χ4n) is 3.71. The third-order valence-corrected chi connectivity index (χ3v) is 6.27. The number of fused-ring (bicyclic) bond motifs is 2. The lowest BCUT2D eigenvalue weighted by Gasteiger charge is -2.09. The fraction of sp³-hybridized carbons (Fsp3) is 0.111. The van der Waals surface area contributed by atoms with Gasteiger partial charge < -0.3 is 5.32 Å². The molecule has 4 heteroatoms. The highest BCUT2D eigenvalue weighted by molar-refractivity contribution is 8.13. The molecule has 0 heterocycles. The summed E-state index contributed by atoms with van der Waals surface area (Å²) < 4.78 is 0. The van der Waals surface area contributed by atoms with Crippen LogP contribution in [0.5, 0.6) is 0 Å². The number of thioether (sulfide) groups is 1. The number of rotatable bonds is 6.